The highest BCUT2D eigenvalue weighted by Crippen LogP contribution is 2.11. The van der Waals surface area contributed by atoms with E-state index in [0.29, 0.717) is 12.3 Å². The summed E-state index contributed by atoms with van der Waals surface area (Å²) in [4.78, 5) is 4.07. The molecule has 1 aromatic heterocycles. The summed E-state index contributed by atoms with van der Waals surface area (Å²) in [6.07, 6.45) is 2.85. The zero-order valence-corrected chi connectivity index (χ0v) is 10.1. The van der Waals surface area contributed by atoms with Crippen LogP contribution in [0, 0.1) is 12.7 Å². The van der Waals surface area contributed by atoms with Crippen LogP contribution < -0.4 is 4.74 Å². The van der Waals surface area contributed by atoms with Crippen LogP contribution in [0.5, 0.6) is 5.75 Å². The van der Waals surface area contributed by atoms with E-state index in [9.17, 15) is 9.50 Å². The minimum Gasteiger partial charge on any atom is -0.491 e. The Morgan fingerprint density at radius 1 is 1.39 bits per heavy atom. The summed E-state index contributed by atoms with van der Waals surface area (Å²) >= 11 is 0. The summed E-state index contributed by atoms with van der Waals surface area (Å²) < 4.78 is 19.9. The lowest BCUT2D eigenvalue weighted by molar-refractivity contribution is 0.0919. The minimum atomic E-state index is -0.636. The molecule has 0 bridgehead atoms. The van der Waals surface area contributed by atoms with Crippen molar-refractivity contribution in [3.05, 3.63) is 48.3 Å². The molecular weight excluding hydrogens is 235 g/mol. The van der Waals surface area contributed by atoms with Gasteiger partial charge in [-0.25, -0.2) is 9.37 Å². The Kier molecular flexibility index (Phi) is 3.94. The van der Waals surface area contributed by atoms with Gasteiger partial charge in [0.15, 0.2) is 0 Å². The van der Waals surface area contributed by atoms with Crippen LogP contribution in [0.1, 0.15) is 5.82 Å². The van der Waals surface area contributed by atoms with E-state index >= 15 is 0 Å². The van der Waals surface area contributed by atoms with Crippen LogP contribution >= 0.6 is 0 Å². The molecule has 2 aromatic rings. The molecule has 0 fully saturated rings. The molecule has 0 amide bonds. The summed E-state index contributed by atoms with van der Waals surface area (Å²) in [6, 6.07) is 5.71. The average Bonchev–Trinajstić information content (AvgIpc) is 2.74. The van der Waals surface area contributed by atoms with Crippen molar-refractivity contribution in [1.29, 1.82) is 0 Å². The van der Waals surface area contributed by atoms with Gasteiger partial charge in [-0.3, -0.25) is 0 Å². The molecule has 2 rings (SSSR count). The molecule has 0 saturated heterocycles. The highest BCUT2D eigenvalue weighted by Gasteiger charge is 2.08. The van der Waals surface area contributed by atoms with Gasteiger partial charge in [-0.15, -0.1) is 0 Å². The number of benzene rings is 1. The lowest BCUT2D eigenvalue weighted by Crippen LogP contribution is -2.23. The van der Waals surface area contributed by atoms with Crippen molar-refractivity contribution >= 4 is 0 Å². The van der Waals surface area contributed by atoms with Crippen molar-refractivity contribution in [3.63, 3.8) is 0 Å². The standard InChI is InChI=1S/C13H15FN2O2/c1-10-15-6-7-16(10)8-12(17)9-18-13-4-2-11(14)3-5-13/h2-7,12,17H,8-9H2,1H3/t12-/m0/s1. The second kappa shape index (κ2) is 5.64. The fraction of sp³-hybridized carbons (Fsp3) is 0.308. The van der Waals surface area contributed by atoms with E-state index < -0.39 is 6.10 Å². The molecule has 96 valence electrons. The number of imidazole rings is 1. The second-order valence-electron chi connectivity index (χ2n) is 4.05. The SMILES string of the molecule is Cc1nccn1C[C@H](O)COc1ccc(F)cc1. The Morgan fingerprint density at radius 2 is 2.11 bits per heavy atom. The number of aryl methyl sites for hydroxylation is 1. The first kappa shape index (κ1) is 12.6. The first-order valence-corrected chi connectivity index (χ1v) is 5.69. The topological polar surface area (TPSA) is 47.3 Å². The molecule has 5 heteroatoms. The van der Waals surface area contributed by atoms with Gasteiger partial charge in [0.25, 0.3) is 0 Å². The van der Waals surface area contributed by atoms with Crippen molar-refractivity contribution < 1.29 is 14.2 Å². The molecule has 0 aliphatic carbocycles. The molecule has 1 aromatic carbocycles. The summed E-state index contributed by atoms with van der Waals surface area (Å²) in [5.74, 6) is 1.07. The summed E-state index contributed by atoms with van der Waals surface area (Å²) in [5.41, 5.74) is 0. The van der Waals surface area contributed by atoms with Gasteiger partial charge in [0.2, 0.25) is 0 Å². The zero-order valence-electron chi connectivity index (χ0n) is 10.1. The van der Waals surface area contributed by atoms with Crippen LogP contribution in [0.3, 0.4) is 0 Å². The summed E-state index contributed by atoms with van der Waals surface area (Å²) in [6.45, 7) is 2.45. The zero-order chi connectivity index (χ0) is 13.0. The van der Waals surface area contributed by atoms with E-state index in [1.165, 1.54) is 24.3 Å². The van der Waals surface area contributed by atoms with Crippen LogP contribution in [-0.4, -0.2) is 27.4 Å². The number of rotatable bonds is 5. The van der Waals surface area contributed by atoms with Crippen LogP contribution in [0.2, 0.25) is 0 Å². The maximum absolute atomic E-state index is 12.7. The Hall–Kier alpha value is -1.88. The van der Waals surface area contributed by atoms with Crippen LogP contribution in [0.4, 0.5) is 4.39 Å². The van der Waals surface area contributed by atoms with Crippen molar-refractivity contribution in [3.8, 4) is 5.75 Å². The largest absolute Gasteiger partial charge is 0.491 e. The summed E-state index contributed by atoms with van der Waals surface area (Å²) in [7, 11) is 0. The first-order valence-electron chi connectivity index (χ1n) is 5.69. The van der Waals surface area contributed by atoms with Gasteiger partial charge in [0.1, 0.15) is 30.1 Å². The Bertz CT molecular complexity index is 496. The van der Waals surface area contributed by atoms with Crippen LogP contribution in [-0.2, 0) is 6.54 Å². The number of hydrogen-bond acceptors (Lipinski definition) is 3. The molecule has 0 spiro atoms. The molecule has 0 aliphatic rings. The number of hydrogen-bond donors (Lipinski definition) is 1. The first-order chi connectivity index (χ1) is 8.65. The average molecular weight is 250 g/mol. The maximum atomic E-state index is 12.7. The van der Waals surface area contributed by atoms with E-state index in [4.69, 9.17) is 4.74 Å². The second-order valence-corrected chi connectivity index (χ2v) is 4.05. The monoisotopic (exact) mass is 250 g/mol. The number of nitrogens with zero attached hydrogens (tertiary/aromatic N) is 2. The number of halogens is 1. The van der Waals surface area contributed by atoms with Gasteiger partial charge < -0.3 is 14.4 Å². The van der Waals surface area contributed by atoms with Crippen molar-refractivity contribution in [1.82, 2.24) is 9.55 Å². The van der Waals surface area contributed by atoms with E-state index in [0.717, 1.165) is 5.82 Å². The molecule has 1 N–H and O–H groups in total. The highest BCUT2D eigenvalue weighted by molar-refractivity contribution is 5.22. The Balaban J connectivity index is 1.83. The van der Waals surface area contributed by atoms with E-state index in [-0.39, 0.29) is 12.4 Å². The smallest absolute Gasteiger partial charge is 0.123 e. The van der Waals surface area contributed by atoms with Gasteiger partial charge >= 0.3 is 0 Å². The van der Waals surface area contributed by atoms with Gasteiger partial charge in [-0.2, -0.15) is 0 Å². The predicted octanol–water partition coefficient (Wildman–Crippen LogP) is 1.77. The highest BCUT2D eigenvalue weighted by atomic mass is 19.1. The molecule has 1 heterocycles. The molecule has 0 aliphatic heterocycles. The molecule has 1 atom stereocenters. The van der Waals surface area contributed by atoms with Gasteiger partial charge in [0, 0.05) is 12.4 Å². The molecular formula is C13H15FN2O2. The number of aliphatic hydroxyl groups excluding tert-OH is 1. The van der Waals surface area contributed by atoms with Gasteiger partial charge in [-0.05, 0) is 31.2 Å². The Labute approximate surface area is 105 Å². The third-order valence-corrected chi connectivity index (χ3v) is 2.59. The quantitative estimate of drug-likeness (QED) is 0.879. The normalized spacial score (nSPS) is 12.4. The van der Waals surface area contributed by atoms with Crippen molar-refractivity contribution in [2.24, 2.45) is 0 Å². The molecule has 0 unspecified atom stereocenters. The fourth-order valence-corrected chi connectivity index (χ4v) is 1.60. The number of aliphatic hydroxyl groups is 1. The molecule has 18 heavy (non-hydrogen) atoms. The third-order valence-electron chi connectivity index (χ3n) is 2.59. The van der Waals surface area contributed by atoms with Crippen LogP contribution in [0.25, 0.3) is 0 Å². The lowest BCUT2D eigenvalue weighted by atomic mass is 10.3. The van der Waals surface area contributed by atoms with Gasteiger partial charge in [0.05, 0.1) is 6.54 Å². The maximum Gasteiger partial charge on any atom is 0.123 e. The Morgan fingerprint density at radius 3 is 2.72 bits per heavy atom. The number of ether oxygens (including phenoxy) is 1. The molecule has 0 radical (unpaired) electrons. The minimum absolute atomic E-state index is 0.156. The van der Waals surface area contributed by atoms with Crippen molar-refractivity contribution in [2.75, 3.05) is 6.61 Å². The van der Waals surface area contributed by atoms with Crippen molar-refractivity contribution in [2.45, 2.75) is 19.6 Å². The van der Waals surface area contributed by atoms with E-state index in [1.807, 2.05) is 11.5 Å². The van der Waals surface area contributed by atoms with Gasteiger partial charge in [-0.1, -0.05) is 0 Å². The fourth-order valence-electron chi connectivity index (χ4n) is 1.60. The lowest BCUT2D eigenvalue weighted by Gasteiger charge is -2.13. The predicted molar refractivity (Wildman–Crippen MR) is 64.9 cm³/mol. The third kappa shape index (κ3) is 3.30. The van der Waals surface area contributed by atoms with Crippen LogP contribution in [0.15, 0.2) is 36.7 Å². The van der Waals surface area contributed by atoms with E-state index in [2.05, 4.69) is 4.98 Å². The van der Waals surface area contributed by atoms with E-state index in [1.54, 1.807) is 12.4 Å². The number of aromatic nitrogens is 2. The summed E-state index contributed by atoms with van der Waals surface area (Å²) in [5, 5.41) is 9.81. The molecule has 4 nitrogen and oxygen atoms in total. The molecule has 0 saturated carbocycles.